The summed E-state index contributed by atoms with van der Waals surface area (Å²) in [7, 11) is 0. The zero-order valence-corrected chi connectivity index (χ0v) is 9.68. The summed E-state index contributed by atoms with van der Waals surface area (Å²) in [5.41, 5.74) is 1.90. The molecule has 1 N–H and O–H groups in total. The van der Waals surface area contributed by atoms with Crippen LogP contribution in [0.5, 0.6) is 0 Å². The van der Waals surface area contributed by atoms with Gasteiger partial charge >= 0.3 is 0 Å². The van der Waals surface area contributed by atoms with E-state index in [1.165, 1.54) is 0 Å². The predicted octanol–water partition coefficient (Wildman–Crippen LogP) is 2.17. The van der Waals surface area contributed by atoms with Crippen LogP contribution in [0.3, 0.4) is 0 Å². The molecule has 0 saturated carbocycles. The Morgan fingerprint density at radius 3 is 2.80 bits per heavy atom. The van der Waals surface area contributed by atoms with Crippen molar-refractivity contribution >= 4 is 15.9 Å². The third-order valence-corrected chi connectivity index (χ3v) is 2.78. The van der Waals surface area contributed by atoms with Crippen molar-refractivity contribution in [1.29, 1.82) is 0 Å². The zero-order chi connectivity index (χ0) is 10.7. The number of nitrogens with zero attached hydrogens (tertiary/aromatic N) is 2. The highest BCUT2D eigenvalue weighted by atomic mass is 79.9. The van der Waals surface area contributed by atoms with Crippen LogP contribution < -0.4 is 0 Å². The highest BCUT2D eigenvalue weighted by Crippen LogP contribution is 2.19. The number of para-hydroxylation sites is 1. The number of hydrogen-bond acceptors (Lipinski definition) is 2. The lowest BCUT2D eigenvalue weighted by Crippen LogP contribution is -1.98. The van der Waals surface area contributed by atoms with Crippen molar-refractivity contribution in [3.63, 3.8) is 0 Å². The molecule has 0 saturated heterocycles. The lowest BCUT2D eigenvalue weighted by atomic mass is 10.3. The molecule has 0 unspecified atom stereocenters. The van der Waals surface area contributed by atoms with Crippen LogP contribution in [0.4, 0.5) is 0 Å². The molecule has 0 aliphatic carbocycles. The summed E-state index contributed by atoms with van der Waals surface area (Å²) in [6.45, 7) is 0.132. The number of halogens is 1. The molecule has 0 atom stereocenters. The number of aliphatic hydroxyl groups excluding tert-OH is 1. The van der Waals surface area contributed by atoms with Gasteiger partial charge in [-0.25, -0.2) is 4.68 Å². The summed E-state index contributed by atoms with van der Waals surface area (Å²) in [6.07, 6.45) is 2.49. The van der Waals surface area contributed by atoms with Gasteiger partial charge in [0, 0.05) is 23.7 Å². The van der Waals surface area contributed by atoms with Crippen molar-refractivity contribution in [3.8, 4) is 5.69 Å². The number of hydrogen-bond donors (Lipinski definition) is 1. The van der Waals surface area contributed by atoms with E-state index < -0.39 is 0 Å². The fourth-order valence-electron chi connectivity index (χ4n) is 1.38. The molecule has 78 valence electrons. The van der Waals surface area contributed by atoms with Crippen LogP contribution in [-0.2, 0) is 6.42 Å². The quantitative estimate of drug-likeness (QED) is 0.925. The van der Waals surface area contributed by atoms with Crippen molar-refractivity contribution in [1.82, 2.24) is 9.78 Å². The summed E-state index contributed by atoms with van der Waals surface area (Å²) in [5.74, 6) is 0. The molecule has 1 aromatic carbocycles. The molecule has 1 heterocycles. The number of rotatable bonds is 3. The second kappa shape index (κ2) is 4.59. The van der Waals surface area contributed by atoms with Gasteiger partial charge in [0.1, 0.15) is 0 Å². The number of aromatic nitrogens is 2. The van der Waals surface area contributed by atoms with E-state index in [2.05, 4.69) is 21.0 Å². The zero-order valence-electron chi connectivity index (χ0n) is 8.10. The van der Waals surface area contributed by atoms with Crippen LogP contribution >= 0.6 is 15.9 Å². The third kappa shape index (κ3) is 2.27. The fourth-order valence-corrected chi connectivity index (χ4v) is 1.85. The molecule has 15 heavy (non-hydrogen) atoms. The van der Waals surface area contributed by atoms with Crippen LogP contribution in [0.15, 0.2) is 41.0 Å². The maximum Gasteiger partial charge on any atom is 0.0787 e. The van der Waals surface area contributed by atoms with E-state index in [1.807, 2.05) is 36.5 Å². The Balaban J connectivity index is 2.33. The highest BCUT2D eigenvalue weighted by Gasteiger charge is 2.03. The average molecular weight is 267 g/mol. The molecule has 0 spiro atoms. The van der Waals surface area contributed by atoms with Crippen LogP contribution in [0, 0.1) is 0 Å². The first-order chi connectivity index (χ1) is 7.31. The monoisotopic (exact) mass is 266 g/mol. The summed E-state index contributed by atoms with van der Waals surface area (Å²) < 4.78 is 2.80. The third-order valence-electron chi connectivity index (χ3n) is 2.11. The molecule has 4 heteroatoms. The molecule has 0 bridgehead atoms. The van der Waals surface area contributed by atoms with Crippen molar-refractivity contribution in [3.05, 3.63) is 46.7 Å². The van der Waals surface area contributed by atoms with E-state index in [1.54, 1.807) is 4.68 Å². The molecular weight excluding hydrogens is 256 g/mol. The smallest absolute Gasteiger partial charge is 0.0787 e. The Hall–Kier alpha value is -1.13. The Bertz CT molecular complexity index is 453. The minimum Gasteiger partial charge on any atom is -0.396 e. The van der Waals surface area contributed by atoms with Crippen LogP contribution in [-0.4, -0.2) is 21.5 Å². The van der Waals surface area contributed by atoms with Gasteiger partial charge < -0.3 is 5.11 Å². The van der Waals surface area contributed by atoms with E-state index in [4.69, 9.17) is 5.11 Å². The predicted molar refractivity (Wildman–Crippen MR) is 62.1 cm³/mol. The second-order valence-electron chi connectivity index (χ2n) is 3.18. The molecule has 1 aromatic heterocycles. The summed E-state index contributed by atoms with van der Waals surface area (Å²) in [4.78, 5) is 0. The molecule has 2 aromatic rings. The Kier molecular flexibility index (Phi) is 3.18. The summed E-state index contributed by atoms with van der Waals surface area (Å²) in [6, 6.07) is 9.80. The summed E-state index contributed by atoms with van der Waals surface area (Å²) in [5, 5.41) is 13.2. The number of benzene rings is 1. The molecule has 0 amide bonds. The van der Waals surface area contributed by atoms with Gasteiger partial charge in [-0.05, 0) is 34.1 Å². The molecule has 3 nitrogen and oxygen atoms in total. The van der Waals surface area contributed by atoms with Crippen molar-refractivity contribution in [2.75, 3.05) is 6.61 Å². The second-order valence-corrected chi connectivity index (χ2v) is 4.03. The van der Waals surface area contributed by atoms with Crippen molar-refractivity contribution in [2.45, 2.75) is 6.42 Å². The molecular formula is C11H11BrN2O. The van der Waals surface area contributed by atoms with E-state index in [0.717, 1.165) is 15.9 Å². The molecule has 0 radical (unpaired) electrons. The highest BCUT2D eigenvalue weighted by molar-refractivity contribution is 9.10. The normalized spacial score (nSPS) is 10.5. The van der Waals surface area contributed by atoms with Gasteiger partial charge in [0.15, 0.2) is 0 Å². The standard InChI is InChI=1S/C11H11BrN2O/c12-10-3-1-2-4-11(10)14-7-5-9(13-14)6-8-15/h1-5,7,15H,6,8H2. The Morgan fingerprint density at radius 2 is 2.07 bits per heavy atom. The Labute approximate surface area is 96.5 Å². The minimum absolute atomic E-state index is 0.132. The SMILES string of the molecule is OCCc1ccn(-c2ccccc2Br)n1. The van der Waals surface area contributed by atoms with Gasteiger partial charge in [-0.3, -0.25) is 0 Å². The number of aliphatic hydroxyl groups is 1. The van der Waals surface area contributed by atoms with E-state index in [0.29, 0.717) is 6.42 Å². The van der Waals surface area contributed by atoms with E-state index in [-0.39, 0.29) is 6.61 Å². The minimum atomic E-state index is 0.132. The van der Waals surface area contributed by atoms with Gasteiger partial charge in [0.25, 0.3) is 0 Å². The maximum absolute atomic E-state index is 8.80. The molecule has 0 aliphatic rings. The van der Waals surface area contributed by atoms with Crippen molar-refractivity contribution < 1.29 is 5.11 Å². The maximum atomic E-state index is 8.80. The average Bonchev–Trinajstić information content (AvgIpc) is 2.68. The van der Waals surface area contributed by atoms with Crippen LogP contribution in [0.25, 0.3) is 5.69 Å². The lowest BCUT2D eigenvalue weighted by Gasteiger charge is -2.03. The summed E-state index contributed by atoms with van der Waals surface area (Å²) >= 11 is 3.47. The van der Waals surface area contributed by atoms with Gasteiger partial charge in [0.2, 0.25) is 0 Å². The van der Waals surface area contributed by atoms with Gasteiger partial charge in [-0.1, -0.05) is 12.1 Å². The van der Waals surface area contributed by atoms with Crippen molar-refractivity contribution in [2.24, 2.45) is 0 Å². The lowest BCUT2D eigenvalue weighted by molar-refractivity contribution is 0.298. The van der Waals surface area contributed by atoms with Crippen LogP contribution in [0.1, 0.15) is 5.69 Å². The van der Waals surface area contributed by atoms with E-state index in [9.17, 15) is 0 Å². The first-order valence-electron chi connectivity index (χ1n) is 4.71. The molecule has 0 aliphatic heterocycles. The largest absolute Gasteiger partial charge is 0.396 e. The Morgan fingerprint density at radius 1 is 1.27 bits per heavy atom. The fraction of sp³-hybridized carbons (Fsp3) is 0.182. The van der Waals surface area contributed by atoms with Gasteiger partial charge in [-0.2, -0.15) is 5.10 Å². The van der Waals surface area contributed by atoms with Gasteiger partial charge in [-0.15, -0.1) is 0 Å². The topological polar surface area (TPSA) is 38.0 Å². The molecule has 2 rings (SSSR count). The van der Waals surface area contributed by atoms with E-state index >= 15 is 0 Å². The molecule has 0 fully saturated rings. The van der Waals surface area contributed by atoms with Crippen LogP contribution in [0.2, 0.25) is 0 Å². The first kappa shape index (κ1) is 10.4. The van der Waals surface area contributed by atoms with Gasteiger partial charge in [0.05, 0.1) is 11.4 Å². The first-order valence-corrected chi connectivity index (χ1v) is 5.51.